The molecule has 1 amide bonds. The van der Waals surface area contributed by atoms with Gasteiger partial charge in [-0.05, 0) is 60.4 Å². The first-order valence-electron chi connectivity index (χ1n) is 6.23. The number of likely N-dealkylation sites (tertiary alicyclic amines) is 1. The summed E-state index contributed by atoms with van der Waals surface area (Å²) in [5.41, 5.74) is 0.474. The lowest BCUT2D eigenvalue weighted by atomic mass is 9.98. The lowest BCUT2D eigenvalue weighted by molar-refractivity contribution is 0.0932. The second kappa shape index (κ2) is 6.29. The fourth-order valence-corrected chi connectivity index (χ4v) is 2.51. The van der Waals surface area contributed by atoms with Crippen molar-refractivity contribution in [1.29, 1.82) is 0 Å². The van der Waals surface area contributed by atoms with Gasteiger partial charge in [-0.1, -0.05) is 0 Å². The molecule has 1 N–H and O–H groups in total. The van der Waals surface area contributed by atoms with Gasteiger partial charge in [0.1, 0.15) is 5.69 Å². The number of amides is 1. The van der Waals surface area contributed by atoms with Crippen molar-refractivity contribution in [3.8, 4) is 0 Å². The van der Waals surface area contributed by atoms with Crippen molar-refractivity contribution in [2.45, 2.75) is 12.8 Å². The second-order valence-electron chi connectivity index (χ2n) is 4.84. The van der Waals surface area contributed by atoms with Gasteiger partial charge < -0.3 is 10.2 Å². The van der Waals surface area contributed by atoms with Gasteiger partial charge in [0.05, 0.1) is 0 Å². The molecule has 1 saturated heterocycles. The number of nitrogens with zero attached hydrogens (tertiary/aromatic N) is 2. The molecule has 1 unspecified atom stereocenters. The van der Waals surface area contributed by atoms with Crippen molar-refractivity contribution in [2.75, 3.05) is 26.7 Å². The highest BCUT2D eigenvalue weighted by Gasteiger charge is 2.18. The van der Waals surface area contributed by atoms with Gasteiger partial charge in [0.2, 0.25) is 0 Å². The van der Waals surface area contributed by atoms with Crippen LogP contribution in [-0.2, 0) is 0 Å². The van der Waals surface area contributed by atoms with Gasteiger partial charge in [0, 0.05) is 23.8 Å². The van der Waals surface area contributed by atoms with Crippen LogP contribution < -0.4 is 5.32 Å². The molecule has 1 aliphatic rings. The number of carbonyl (C=O) groups excluding carboxylic acids is 1. The summed E-state index contributed by atoms with van der Waals surface area (Å²) >= 11 is 3.30. The van der Waals surface area contributed by atoms with Crippen molar-refractivity contribution in [2.24, 2.45) is 5.92 Å². The van der Waals surface area contributed by atoms with E-state index in [2.05, 4.69) is 38.2 Å². The summed E-state index contributed by atoms with van der Waals surface area (Å²) < 4.78 is 0.882. The van der Waals surface area contributed by atoms with E-state index in [9.17, 15) is 4.79 Å². The Morgan fingerprint density at radius 3 is 3.11 bits per heavy atom. The topological polar surface area (TPSA) is 45.2 Å². The van der Waals surface area contributed by atoms with Crippen molar-refractivity contribution in [1.82, 2.24) is 15.2 Å². The Bertz CT molecular complexity index is 407. The minimum atomic E-state index is -0.0873. The monoisotopic (exact) mass is 311 g/mol. The first-order valence-corrected chi connectivity index (χ1v) is 7.03. The number of rotatable bonds is 3. The van der Waals surface area contributed by atoms with E-state index >= 15 is 0 Å². The fourth-order valence-electron chi connectivity index (χ4n) is 2.28. The zero-order chi connectivity index (χ0) is 13.0. The van der Waals surface area contributed by atoms with Crippen LogP contribution in [-0.4, -0.2) is 42.5 Å². The molecule has 1 atom stereocenters. The molecule has 1 fully saturated rings. The number of pyridine rings is 1. The highest BCUT2D eigenvalue weighted by atomic mass is 79.9. The van der Waals surface area contributed by atoms with Crippen molar-refractivity contribution >= 4 is 21.8 Å². The Labute approximate surface area is 116 Å². The Kier molecular flexibility index (Phi) is 4.72. The van der Waals surface area contributed by atoms with Gasteiger partial charge in [-0.2, -0.15) is 0 Å². The molecule has 0 aliphatic carbocycles. The molecule has 2 rings (SSSR count). The van der Waals surface area contributed by atoms with Crippen molar-refractivity contribution in [3.05, 3.63) is 28.5 Å². The molecule has 0 bridgehead atoms. The summed E-state index contributed by atoms with van der Waals surface area (Å²) in [6.07, 6.45) is 4.05. The maximum absolute atomic E-state index is 11.9. The van der Waals surface area contributed by atoms with E-state index in [4.69, 9.17) is 0 Å². The Morgan fingerprint density at radius 1 is 1.61 bits per heavy atom. The molecule has 0 aromatic carbocycles. The zero-order valence-electron chi connectivity index (χ0n) is 10.5. The van der Waals surface area contributed by atoms with Gasteiger partial charge in [-0.25, -0.2) is 4.98 Å². The van der Waals surface area contributed by atoms with E-state index in [0.29, 0.717) is 11.6 Å². The third kappa shape index (κ3) is 3.78. The van der Waals surface area contributed by atoms with E-state index in [-0.39, 0.29) is 5.91 Å². The molecule has 2 heterocycles. The van der Waals surface area contributed by atoms with Crippen LogP contribution in [0, 0.1) is 5.92 Å². The number of halogens is 1. The maximum atomic E-state index is 11.9. The molecule has 4 nitrogen and oxygen atoms in total. The van der Waals surface area contributed by atoms with Gasteiger partial charge >= 0.3 is 0 Å². The van der Waals surface area contributed by atoms with Gasteiger partial charge in [0.25, 0.3) is 5.91 Å². The first kappa shape index (κ1) is 13.5. The third-order valence-electron chi connectivity index (χ3n) is 3.23. The van der Waals surface area contributed by atoms with Crippen LogP contribution in [0.15, 0.2) is 22.8 Å². The highest BCUT2D eigenvalue weighted by Crippen LogP contribution is 2.14. The average molecular weight is 312 g/mol. The van der Waals surface area contributed by atoms with Crippen molar-refractivity contribution < 1.29 is 4.79 Å². The predicted molar refractivity (Wildman–Crippen MR) is 74.5 cm³/mol. The number of hydrogen-bond donors (Lipinski definition) is 1. The standard InChI is InChI=1S/C13H18BrN3O/c1-17-6-2-3-10(9-17)7-16-13(18)12-5-4-11(14)8-15-12/h4-5,8,10H,2-3,6-7,9H2,1H3,(H,16,18). The molecule has 5 heteroatoms. The third-order valence-corrected chi connectivity index (χ3v) is 3.70. The fraction of sp³-hybridized carbons (Fsp3) is 0.538. The van der Waals surface area contributed by atoms with Gasteiger partial charge in [-0.15, -0.1) is 0 Å². The lowest BCUT2D eigenvalue weighted by Crippen LogP contribution is -2.39. The van der Waals surface area contributed by atoms with Crippen LogP contribution in [0.2, 0.25) is 0 Å². The molecular weight excluding hydrogens is 294 g/mol. The predicted octanol–water partition coefficient (Wildman–Crippen LogP) is 1.92. The van der Waals surface area contributed by atoms with Gasteiger partial charge in [0.15, 0.2) is 0 Å². The molecule has 18 heavy (non-hydrogen) atoms. The summed E-state index contributed by atoms with van der Waals surface area (Å²) in [4.78, 5) is 18.3. The SMILES string of the molecule is CN1CCCC(CNC(=O)c2ccc(Br)cn2)C1. The quantitative estimate of drug-likeness (QED) is 0.927. The molecular formula is C13H18BrN3O. The first-order chi connectivity index (χ1) is 8.65. The number of nitrogens with one attached hydrogen (secondary N) is 1. The van der Waals surface area contributed by atoms with E-state index in [0.717, 1.165) is 17.6 Å². The molecule has 0 radical (unpaired) electrons. The number of hydrogen-bond acceptors (Lipinski definition) is 3. The van der Waals surface area contributed by atoms with Crippen LogP contribution in [0.5, 0.6) is 0 Å². The molecule has 98 valence electrons. The highest BCUT2D eigenvalue weighted by molar-refractivity contribution is 9.10. The molecule has 1 aromatic rings. The summed E-state index contributed by atoms with van der Waals surface area (Å²) in [5.74, 6) is 0.471. The second-order valence-corrected chi connectivity index (χ2v) is 5.76. The van der Waals surface area contributed by atoms with E-state index in [1.807, 2.05) is 6.07 Å². The summed E-state index contributed by atoms with van der Waals surface area (Å²) in [6, 6.07) is 3.56. The van der Waals surface area contributed by atoms with Crippen LogP contribution >= 0.6 is 15.9 Å². The van der Waals surface area contributed by atoms with Crippen molar-refractivity contribution in [3.63, 3.8) is 0 Å². The zero-order valence-corrected chi connectivity index (χ0v) is 12.1. The largest absolute Gasteiger partial charge is 0.350 e. The average Bonchev–Trinajstić information content (AvgIpc) is 2.37. The summed E-state index contributed by atoms with van der Waals surface area (Å²) in [5, 5.41) is 2.97. The summed E-state index contributed by atoms with van der Waals surface area (Å²) in [7, 11) is 2.13. The van der Waals surface area contributed by atoms with Gasteiger partial charge in [-0.3, -0.25) is 4.79 Å². The Balaban J connectivity index is 1.82. The number of aromatic nitrogens is 1. The number of piperidine rings is 1. The molecule has 0 saturated carbocycles. The summed E-state index contributed by atoms with van der Waals surface area (Å²) in [6.45, 7) is 2.97. The molecule has 0 spiro atoms. The van der Waals surface area contributed by atoms with E-state index in [1.165, 1.54) is 19.4 Å². The maximum Gasteiger partial charge on any atom is 0.269 e. The van der Waals surface area contributed by atoms with Crippen LogP contribution in [0.25, 0.3) is 0 Å². The van der Waals surface area contributed by atoms with Crippen LogP contribution in [0.1, 0.15) is 23.3 Å². The van der Waals surface area contributed by atoms with E-state index < -0.39 is 0 Å². The smallest absolute Gasteiger partial charge is 0.269 e. The Hall–Kier alpha value is -0.940. The molecule has 1 aliphatic heterocycles. The number of carbonyl (C=O) groups is 1. The minimum absolute atomic E-state index is 0.0873. The van der Waals surface area contributed by atoms with E-state index in [1.54, 1.807) is 12.3 Å². The normalized spacial score (nSPS) is 20.7. The van der Waals surface area contributed by atoms with Crippen LogP contribution in [0.3, 0.4) is 0 Å². The minimum Gasteiger partial charge on any atom is -0.350 e. The molecule has 1 aromatic heterocycles. The Morgan fingerprint density at radius 2 is 2.44 bits per heavy atom. The van der Waals surface area contributed by atoms with Crippen LogP contribution in [0.4, 0.5) is 0 Å². The lowest BCUT2D eigenvalue weighted by Gasteiger charge is -2.29.